The fourth-order valence-corrected chi connectivity index (χ4v) is 5.06. The number of aromatic nitrogens is 2. The van der Waals surface area contributed by atoms with Crippen LogP contribution in [-0.2, 0) is 5.54 Å². The van der Waals surface area contributed by atoms with Gasteiger partial charge >= 0.3 is 0 Å². The van der Waals surface area contributed by atoms with Crippen molar-refractivity contribution in [2.24, 2.45) is 5.92 Å². The van der Waals surface area contributed by atoms with Crippen LogP contribution in [0.25, 0.3) is 0 Å². The van der Waals surface area contributed by atoms with E-state index in [2.05, 4.69) is 49.8 Å². The molecule has 0 aromatic carbocycles. The van der Waals surface area contributed by atoms with Gasteiger partial charge in [0.1, 0.15) is 0 Å². The fourth-order valence-electron chi connectivity index (χ4n) is 5.06. The summed E-state index contributed by atoms with van der Waals surface area (Å²) < 4.78 is 2.41. The Hall–Kier alpha value is -0.790. The summed E-state index contributed by atoms with van der Waals surface area (Å²) in [5.41, 5.74) is 0.221. The van der Waals surface area contributed by atoms with E-state index in [0.29, 0.717) is 0 Å². The Bertz CT molecular complexity index is 467. The van der Waals surface area contributed by atoms with Gasteiger partial charge < -0.3 is 4.57 Å². The van der Waals surface area contributed by atoms with Crippen LogP contribution in [0.15, 0.2) is 18.7 Å². The summed E-state index contributed by atoms with van der Waals surface area (Å²) in [7, 11) is 0. The van der Waals surface area contributed by atoms with Gasteiger partial charge in [-0.05, 0) is 32.1 Å². The third kappa shape index (κ3) is 11.0. The summed E-state index contributed by atoms with van der Waals surface area (Å²) in [6, 6.07) is 0. The molecule has 0 bridgehead atoms. The highest BCUT2D eigenvalue weighted by atomic mass is 15.1. The number of imidazole rings is 1. The van der Waals surface area contributed by atoms with Crippen LogP contribution >= 0.6 is 0 Å². The van der Waals surface area contributed by atoms with Crippen LogP contribution in [0.1, 0.15) is 150 Å². The molecule has 0 spiro atoms. The highest BCUT2D eigenvalue weighted by molar-refractivity contribution is 4.93. The Balaban J connectivity index is 2.41. The SMILES string of the molecule is CCCCCCCCCCCC(CCCCCCCCC)C(C)(CC)n1ccnc1. The van der Waals surface area contributed by atoms with Gasteiger partial charge in [-0.1, -0.05) is 124 Å². The molecule has 1 heterocycles. The van der Waals surface area contributed by atoms with Crippen molar-refractivity contribution in [3.8, 4) is 0 Å². The van der Waals surface area contributed by atoms with Gasteiger partial charge in [0.15, 0.2) is 0 Å². The quantitative estimate of drug-likeness (QED) is 0.182. The van der Waals surface area contributed by atoms with Crippen molar-refractivity contribution in [2.45, 2.75) is 155 Å². The molecule has 0 amide bonds. The standard InChI is InChI=1S/C28H54N2/c1-5-8-10-12-14-15-17-19-21-23-27(22-20-18-16-13-11-9-6-2)28(4,7-3)30-25-24-29-26-30/h24-27H,5-23H2,1-4H3. The van der Waals surface area contributed by atoms with E-state index in [4.69, 9.17) is 0 Å². The lowest BCUT2D eigenvalue weighted by Gasteiger charge is -2.39. The Morgan fingerprint density at radius 2 is 1.10 bits per heavy atom. The molecule has 1 aromatic rings. The first-order valence-corrected chi connectivity index (χ1v) is 13.7. The first kappa shape index (κ1) is 27.2. The third-order valence-electron chi connectivity index (χ3n) is 7.50. The first-order valence-electron chi connectivity index (χ1n) is 13.7. The van der Waals surface area contributed by atoms with Crippen LogP contribution in [0.2, 0.25) is 0 Å². The van der Waals surface area contributed by atoms with Crippen molar-refractivity contribution in [3.63, 3.8) is 0 Å². The Kier molecular flexibility index (Phi) is 16.2. The van der Waals surface area contributed by atoms with E-state index in [9.17, 15) is 0 Å². The lowest BCUT2D eigenvalue weighted by molar-refractivity contribution is 0.153. The van der Waals surface area contributed by atoms with E-state index in [1.165, 1.54) is 122 Å². The van der Waals surface area contributed by atoms with Gasteiger partial charge in [-0.2, -0.15) is 0 Å². The summed E-state index contributed by atoms with van der Waals surface area (Å²) in [5.74, 6) is 0.775. The number of hydrogen-bond acceptors (Lipinski definition) is 1. The van der Waals surface area contributed by atoms with E-state index in [-0.39, 0.29) is 5.54 Å². The summed E-state index contributed by atoms with van der Waals surface area (Å²) in [4.78, 5) is 4.37. The van der Waals surface area contributed by atoms with Crippen molar-refractivity contribution < 1.29 is 0 Å². The molecule has 0 aliphatic heterocycles. The smallest absolute Gasteiger partial charge is 0.0951 e. The van der Waals surface area contributed by atoms with Gasteiger partial charge in [-0.3, -0.25) is 0 Å². The summed E-state index contributed by atoms with van der Waals surface area (Å²) in [5, 5.41) is 0. The topological polar surface area (TPSA) is 17.8 Å². The minimum atomic E-state index is 0.221. The predicted octanol–water partition coefficient (Wildman–Crippen LogP) is 9.69. The van der Waals surface area contributed by atoms with Crippen molar-refractivity contribution in [3.05, 3.63) is 18.7 Å². The molecule has 1 aromatic heterocycles. The van der Waals surface area contributed by atoms with Crippen LogP contribution in [0.4, 0.5) is 0 Å². The van der Waals surface area contributed by atoms with Crippen molar-refractivity contribution >= 4 is 0 Å². The molecule has 2 nitrogen and oxygen atoms in total. The second-order valence-electron chi connectivity index (χ2n) is 9.90. The second kappa shape index (κ2) is 17.8. The molecule has 0 fully saturated rings. The Morgan fingerprint density at radius 1 is 0.667 bits per heavy atom. The highest BCUT2D eigenvalue weighted by Crippen LogP contribution is 2.37. The lowest BCUT2D eigenvalue weighted by atomic mass is 9.76. The van der Waals surface area contributed by atoms with Gasteiger partial charge in [0.05, 0.1) is 6.33 Å². The average molecular weight is 419 g/mol. The fraction of sp³-hybridized carbons (Fsp3) is 0.893. The lowest BCUT2D eigenvalue weighted by Crippen LogP contribution is -2.37. The zero-order chi connectivity index (χ0) is 21.9. The molecule has 176 valence electrons. The number of hydrogen-bond donors (Lipinski definition) is 0. The van der Waals surface area contributed by atoms with Crippen LogP contribution < -0.4 is 0 Å². The molecule has 0 aliphatic carbocycles. The minimum Gasteiger partial charge on any atom is -0.331 e. The molecule has 1 rings (SSSR count). The van der Waals surface area contributed by atoms with Crippen LogP contribution in [0.5, 0.6) is 0 Å². The zero-order valence-electron chi connectivity index (χ0n) is 21.1. The summed E-state index contributed by atoms with van der Waals surface area (Å²) in [6.07, 6.45) is 32.9. The molecule has 0 saturated heterocycles. The monoisotopic (exact) mass is 418 g/mol. The van der Waals surface area contributed by atoms with E-state index in [1.807, 2.05) is 6.20 Å². The molecule has 0 N–H and O–H groups in total. The number of rotatable bonds is 21. The normalized spacial score (nSPS) is 14.7. The number of nitrogens with zero attached hydrogens (tertiary/aromatic N) is 2. The van der Waals surface area contributed by atoms with Crippen molar-refractivity contribution in [1.82, 2.24) is 9.55 Å². The Labute approximate surface area is 189 Å². The molecular formula is C28H54N2. The maximum absolute atomic E-state index is 4.37. The van der Waals surface area contributed by atoms with Gasteiger partial charge in [-0.25, -0.2) is 4.98 Å². The average Bonchev–Trinajstić information content (AvgIpc) is 3.31. The maximum Gasteiger partial charge on any atom is 0.0951 e. The molecule has 2 heteroatoms. The molecule has 2 atom stereocenters. The molecule has 2 unspecified atom stereocenters. The predicted molar refractivity (Wildman–Crippen MR) is 134 cm³/mol. The highest BCUT2D eigenvalue weighted by Gasteiger charge is 2.33. The van der Waals surface area contributed by atoms with Crippen molar-refractivity contribution in [2.75, 3.05) is 0 Å². The third-order valence-corrected chi connectivity index (χ3v) is 7.50. The second-order valence-corrected chi connectivity index (χ2v) is 9.90. The minimum absolute atomic E-state index is 0.221. The molecule has 0 aliphatic rings. The largest absolute Gasteiger partial charge is 0.331 e. The van der Waals surface area contributed by atoms with E-state index < -0.39 is 0 Å². The van der Waals surface area contributed by atoms with Gasteiger partial charge in [0.2, 0.25) is 0 Å². The summed E-state index contributed by atoms with van der Waals surface area (Å²) >= 11 is 0. The Morgan fingerprint density at radius 3 is 1.47 bits per heavy atom. The van der Waals surface area contributed by atoms with E-state index in [0.717, 1.165) is 5.92 Å². The van der Waals surface area contributed by atoms with Gasteiger partial charge in [0.25, 0.3) is 0 Å². The van der Waals surface area contributed by atoms with Crippen LogP contribution in [-0.4, -0.2) is 9.55 Å². The molecule has 0 radical (unpaired) electrons. The number of unbranched alkanes of at least 4 members (excludes halogenated alkanes) is 14. The zero-order valence-corrected chi connectivity index (χ0v) is 21.1. The van der Waals surface area contributed by atoms with Crippen LogP contribution in [0, 0.1) is 5.92 Å². The van der Waals surface area contributed by atoms with E-state index >= 15 is 0 Å². The molecule has 0 saturated carbocycles. The van der Waals surface area contributed by atoms with Gasteiger partial charge in [-0.15, -0.1) is 0 Å². The summed E-state index contributed by atoms with van der Waals surface area (Å²) in [6.45, 7) is 9.46. The van der Waals surface area contributed by atoms with E-state index in [1.54, 1.807) is 0 Å². The van der Waals surface area contributed by atoms with Crippen LogP contribution in [0.3, 0.4) is 0 Å². The van der Waals surface area contributed by atoms with Crippen molar-refractivity contribution in [1.29, 1.82) is 0 Å². The van der Waals surface area contributed by atoms with Gasteiger partial charge in [0, 0.05) is 17.9 Å². The maximum atomic E-state index is 4.37. The molecular weight excluding hydrogens is 364 g/mol. The first-order chi connectivity index (χ1) is 14.7. The molecule has 30 heavy (non-hydrogen) atoms.